The van der Waals surface area contributed by atoms with Crippen LogP contribution in [0.15, 0.2) is 53.7 Å². The van der Waals surface area contributed by atoms with E-state index in [0.29, 0.717) is 22.9 Å². The summed E-state index contributed by atoms with van der Waals surface area (Å²) in [5.74, 6) is 3.35. The van der Waals surface area contributed by atoms with Crippen molar-refractivity contribution < 1.29 is 22.9 Å². The highest BCUT2D eigenvalue weighted by Gasteiger charge is 2.39. The van der Waals surface area contributed by atoms with Gasteiger partial charge < -0.3 is 11.2 Å². The molecule has 0 aliphatic heterocycles. The van der Waals surface area contributed by atoms with E-state index in [9.17, 15) is 28.1 Å². The smallest absolute Gasteiger partial charge is 0.335 e. The molecule has 0 aliphatic carbocycles. The average molecular weight is 452 g/mol. The quantitative estimate of drug-likeness (QED) is 0.252. The summed E-state index contributed by atoms with van der Waals surface area (Å²) in [5, 5.41) is 18.8. The van der Waals surface area contributed by atoms with Gasteiger partial charge in [0.05, 0.1) is 4.92 Å². The van der Waals surface area contributed by atoms with E-state index in [-0.39, 0.29) is 21.2 Å². The first-order valence-corrected chi connectivity index (χ1v) is 9.51. The molecule has 0 unspecified atom stereocenters. The van der Waals surface area contributed by atoms with E-state index in [0.717, 1.165) is 0 Å². The van der Waals surface area contributed by atoms with Gasteiger partial charge in [-0.25, -0.2) is 4.68 Å². The maximum Gasteiger partial charge on any atom is 0.453 e. The highest BCUT2D eigenvalue weighted by molar-refractivity contribution is 8.00. The van der Waals surface area contributed by atoms with Crippen LogP contribution in [0, 0.1) is 17.0 Å². The highest BCUT2D eigenvalue weighted by Crippen LogP contribution is 2.37. The Morgan fingerprint density at radius 2 is 1.90 bits per heavy atom. The van der Waals surface area contributed by atoms with Crippen molar-refractivity contribution in [1.82, 2.24) is 14.9 Å². The zero-order chi connectivity index (χ0) is 22.8. The van der Waals surface area contributed by atoms with Crippen LogP contribution in [-0.4, -0.2) is 25.7 Å². The number of nitrogens with zero attached hydrogens (tertiary/aromatic N) is 4. The number of halogens is 3. The van der Waals surface area contributed by atoms with Gasteiger partial charge in [-0.3, -0.25) is 14.9 Å². The third-order valence-corrected chi connectivity index (χ3v) is 5.30. The minimum absolute atomic E-state index is 0.0488. The van der Waals surface area contributed by atoms with Crippen LogP contribution in [0.25, 0.3) is 0 Å². The topological polar surface area (TPSA) is 129 Å². The lowest BCUT2D eigenvalue weighted by molar-refractivity contribution is -0.384. The molecule has 3 rings (SSSR count). The second kappa shape index (κ2) is 8.63. The van der Waals surface area contributed by atoms with Crippen molar-refractivity contribution in [3.63, 3.8) is 0 Å². The largest absolute Gasteiger partial charge is 0.453 e. The van der Waals surface area contributed by atoms with Gasteiger partial charge in [-0.1, -0.05) is 48.2 Å². The summed E-state index contributed by atoms with van der Waals surface area (Å²) in [7, 11) is 0. The van der Waals surface area contributed by atoms with Crippen LogP contribution in [-0.2, 0) is 11.0 Å². The minimum atomic E-state index is -4.83. The monoisotopic (exact) mass is 452 g/mol. The number of alkyl halides is 3. The van der Waals surface area contributed by atoms with Crippen LogP contribution in [0.3, 0.4) is 0 Å². The first-order valence-electron chi connectivity index (χ1n) is 8.63. The molecule has 0 fully saturated rings. The molecule has 1 aromatic heterocycles. The number of rotatable bonds is 6. The molecule has 0 spiro atoms. The predicted octanol–water partition coefficient (Wildman–Crippen LogP) is 3.70. The Morgan fingerprint density at radius 3 is 2.48 bits per heavy atom. The van der Waals surface area contributed by atoms with Crippen LogP contribution in [0.2, 0.25) is 0 Å². The molecule has 0 radical (unpaired) electrons. The van der Waals surface area contributed by atoms with Gasteiger partial charge >= 0.3 is 6.18 Å². The van der Waals surface area contributed by atoms with Gasteiger partial charge in [-0.05, 0) is 24.1 Å². The first kappa shape index (κ1) is 22.1. The number of nitrogens with one attached hydrogen (secondary N) is 1. The van der Waals surface area contributed by atoms with E-state index in [1.807, 2.05) is 0 Å². The zero-order valence-corrected chi connectivity index (χ0v) is 16.6. The Bertz CT molecular complexity index is 1120. The Morgan fingerprint density at radius 1 is 1.23 bits per heavy atom. The fraction of sp³-hybridized carbons (Fsp3) is 0.167. The van der Waals surface area contributed by atoms with E-state index < -0.39 is 28.1 Å². The lowest BCUT2D eigenvalue weighted by Gasteiger charge is -2.17. The van der Waals surface area contributed by atoms with Crippen molar-refractivity contribution in [1.29, 1.82) is 0 Å². The molecule has 0 saturated heterocycles. The number of amides is 1. The molecule has 1 atom stereocenters. The van der Waals surface area contributed by atoms with Crippen LogP contribution < -0.4 is 11.2 Å². The molecular formula is C18H15F3N6O3S. The van der Waals surface area contributed by atoms with Gasteiger partial charge in [0.1, 0.15) is 10.9 Å². The van der Waals surface area contributed by atoms with Crippen LogP contribution in [0.1, 0.15) is 22.2 Å². The number of thioether (sulfide) groups is 1. The zero-order valence-electron chi connectivity index (χ0n) is 15.8. The number of nitro benzene ring substituents is 1. The van der Waals surface area contributed by atoms with Crippen molar-refractivity contribution in [2.24, 2.45) is 0 Å². The lowest BCUT2D eigenvalue weighted by Crippen LogP contribution is -2.23. The molecule has 0 bridgehead atoms. The summed E-state index contributed by atoms with van der Waals surface area (Å²) in [6.45, 7) is 1.66. The van der Waals surface area contributed by atoms with Crippen molar-refractivity contribution >= 4 is 29.0 Å². The molecule has 1 amide bonds. The lowest BCUT2D eigenvalue weighted by atomic mass is 10.1. The summed E-state index contributed by atoms with van der Waals surface area (Å²) in [6, 6.07) is 12.4. The fourth-order valence-electron chi connectivity index (χ4n) is 2.65. The predicted molar refractivity (Wildman–Crippen MR) is 107 cm³/mol. The average Bonchev–Trinajstić information content (AvgIpc) is 3.08. The number of benzene rings is 2. The van der Waals surface area contributed by atoms with Crippen molar-refractivity contribution in [3.8, 4) is 0 Å². The van der Waals surface area contributed by atoms with E-state index in [1.165, 1.54) is 12.1 Å². The Labute approximate surface area is 177 Å². The number of nitro groups is 1. The molecule has 9 nitrogen and oxygen atoms in total. The Kier molecular flexibility index (Phi) is 6.15. The number of carbonyl (C=O) groups is 1. The Hall–Kier alpha value is -3.61. The number of carbonyl (C=O) groups excluding carboxylic acids is 1. The second-order valence-corrected chi connectivity index (χ2v) is 7.42. The normalized spacial score (nSPS) is 12.4. The minimum Gasteiger partial charge on any atom is -0.335 e. The second-order valence-electron chi connectivity index (χ2n) is 6.35. The number of aryl methyl sites for hydroxylation is 1. The van der Waals surface area contributed by atoms with Crippen molar-refractivity contribution in [3.05, 3.63) is 75.6 Å². The van der Waals surface area contributed by atoms with Gasteiger partial charge in [0.25, 0.3) is 11.5 Å². The van der Waals surface area contributed by atoms with Crippen molar-refractivity contribution in [2.45, 2.75) is 23.5 Å². The molecule has 1 heterocycles. The van der Waals surface area contributed by atoms with Crippen molar-refractivity contribution in [2.75, 3.05) is 11.2 Å². The number of nitrogens with two attached hydrogens (primary N) is 1. The summed E-state index contributed by atoms with van der Waals surface area (Å²) >= 11 is 0.633. The molecule has 0 saturated carbocycles. The van der Waals surface area contributed by atoms with Gasteiger partial charge in [0.15, 0.2) is 0 Å². The number of aromatic nitrogens is 3. The molecule has 0 aliphatic rings. The summed E-state index contributed by atoms with van der Waals surface area (Å²) in [4.78, 5) is 23.7. The highest BCUT2D eigenvalue weighted by atomic mass is 32.2. The van der Waals surface area contributed by atoms with E-state index >= 15 is 0 Å². The Balaban J connectivity index is 1.95. The molecule has 31 heavy (non-hydrogen) atoms. The third-order valence-electron chi connectivity index (χ3n) is 4.09. The number of hydrogen-bond donors (Lipinski definition) is 2. The molecule has 162 valence electrons. The molecule has 3 N–H and O–H groups in total. The van der Waals surface area contributed by atoms with Gasteiger partial charge in [-0.2, -0.15) is 13.2 Å². The van der Waals surface area contributed by atoms with Gasteiger partial charge in [0, 0.05) is 6.07 Å². The van der Waals surface area contributed by atoms with Gasteiger partial charge in [-0.15, -0.1) is 10.2 Å². The molecule has 2 aromatic carbocycles. The maximum absolute atomic E-state index is 13.0. The van der Waals surface area contributed by atoms with Crippen LogP contribution >= 0.6 is 11.8 Å². The molecule has 13 heteroatoms. The molecule has 3 aromatic rings. The molecular weight excluding hydrogens is 437 g/mol. The summed E-state index contributed by atoms with van der Waals surface area (Å²) in [5.41, 5.74) is 0.685. The standard InChI is InChI=1S/C18H15F3N6O3S/c1-10-7-8-12(13(9-10)27(29)30)23-15(28)14(11-5-3-2-4-6-11)31-17-25-24-16(26(17)22)18(19,20)21/h2-9,14H,22H2,1H3,(H,23,28)/t14-/m0/s1. The van der Waals surface area contributed by atoms with E-state index in [4.69, 9.17) is 5.84 Å². The SMILES string of the molecule is Cc1ccc(NC(=O)[C@@H](Sc2nnc(C(F)(F)F)n2N)c2ccccc2)c([N+](=O)[O-])c1. The summed E-state index contributed by atoms with van der Waals surface area (Å²) in [6.07, 6.45) is -4.83. The van der Waals surface area contributed by atoms with Crippen LogP contribution in [0.5, 0.6) is 0 Å². The van der Waals surface area contributed by atoms with E-state index in [2.05, 4.69) is 15.5 Å². The number of hydrogen-bond acceptors (Lipinski definition) is 7. The van der Waals surface area contributed by atoms with E-state index in [1.54, 1.807) is 43.3 Å². The number of nitrogen functional groups attached to an aromatic ring is 1. The van der Waals surface area contributed by atoms with Crippen LogP contribution in [0.4, 0.5) is 24.5 Å². The maximum atomic E-state index is 13.0. The third kappa shape index (κ3) is 4.94. The first-order chi connectivity index (χ1) is 14.6. The van der Waals surface area contributed by atoms with Gasteiger partial charge in [0.2, 0.25) is 11.1 Å². The fourth-order valence-corrected chi connectivity index (χ4v) is 3.61. The number of anilines is 1. The summed E-state index contributed by atoms with van der Waals surface area (Å²) < 4.78 is 39.1.